The van der Waals surface area contributed by atoms with Gasteiger partial charge < -0.3 is 10.2 Å². The van der Waals surface area contributed by atoms with Gasteiger partial charge in [-0.1, -0.05) is 6.07 Å². The molecule has 0 amide bonds. The highest BCUT2D eigenvalue weighted by Crippen LogP contribution is 2.33. The number of nitrogens with zero attached hydrogens (tertiary/aromatic N) is 2. The van der Waals surface area contributed by atoms with Crippen LogP contribution in [0.1, 0.15) is 11.1 Å². The lowest BCUT2D eigenvalue weighted by Crippen LogP contribution is -1.97. The van der Waals surface area contributed by atoms with E-state index >= 15 is 0 Å². The van der Waals surface area contributed by atoms with E-state index in [1.807, 2.05) is 26.0 Å². The fraction of sp³-hybridized carbons (Fsp3) is 0.154. The summed E-state index contributed by atoms with van der Waals surface area (Å²) < 4.78 is 1.61. The summed E-state index contributed by atoms with van der Waals surface area (Å²) in [6.07, 6.45) is 1.53. The third kappa shape index (κ3) is 1.44. The lowest BCUT2D eigenvalue weighted by molar-refractivity contribution is 0.427. The lowest BCUT2D eigenvalue weighted by Gasteiger charge is -2.05. The third-order valence-electron chi connectivity index (χ3n) is 2.94. The smallest absolute Gasteiger partial charge is 0.218 e. The second-order valence-electron chi connectivity index (χ2n) is 4.49. The normalized spacial score (nSPS) is 11.2. The second kappa shape index (κ2) is 3.53. The van der Waals surface area contributed by atoms with Gasteiger partial charge in [-0.3, -0.25) is 4.98 Å². The molecule has 5 nitrogen and oxygen atoms in total. The molecule has 92 valence electrons. The van der Waals surface area contributed by atoms with Gasteiger partial charge in [-0.15, -0.1) is 0 Å². The largest absolute Gasteiger partial charge is 0.494 e. The molecule has 0 atom stereocenters. The van der Waals surface area contributed by atoms with E-state index in [4.69, 9.17) is 0 Å². The predicted octanol–water partition coefficient (Wildman–Crippen LogP) is 2.38. The number of H-pyrrole nitrogens is 1. The monoisotopic (exact) mass is 243 g/mol. The van der Waals surface area contributed by atoms with Crippen molar-refractivity contribution in [3.8, 4) is 17.4 Å². The van der Waals surface area contributed by atoms with Crippen LogP contribution < -0.4 is 0 Å². The molecule has 0 unspecified atom stereocenters. The van der Waals surface area contributed by atoms with Crippen molar-refractivity contribution < 1.29 is 10.2 Å². The highest BCUT2D eigenvalue weighted by Gasteiger charge is 2.16. The SMILES string of the molecule is Cc1cc(C)cc(-n2ncc3c(O)[nH]c(O)c32)c1. The van der Waals surface area contributed by atoms with Gasteiger partial charge in [0.2, 0.25) is 11.8 Å². The maximum absolute atomic E-state index is 9.79. The van der Waals surface area contributed by atoms with Crippen LogP contribution in [-0.4, -0.2) is 25.0 Å². The van der Waals surface area contributed by atoms with Gasteiger partial charge in [-0.2, -0.15) is 5.10 Å². The average Bonchev–Trinajstić information content (AvgIpc) is 2.81. The third-order valence-corrected chi connectivity index (χ3v) is 2.94. The highest BCUT2D eigenvalue weighted by atomic mass is 16.3. The quantitative estimate of drug-likeness (QED) is 0.614. The van der Waals surface area contributed by atoms with Crippen LogP contribution in [0.25, 0.3) is 16.6 Å². The van der Waals surface area contributed by atoms with Crippen LogP contribution >= 0.6 is 0 Å². The number of hydrogen-bond donors (Lipinski definition) is 3. The van der Waals surface area contributed by atoms with Crippen molar-refractivity contribution >= 4 is 10.9 Å². The van der Waals surface area contributed by atoms with Crippen molar-refractivity contribution in [2.75, 3.05) is 0 Å². The first-order valence-electron chi connectivity index (χ1n) is 5.62. The molecule has 0 radical (unpaired) electrons. The summed E-state index contributed by atoms with van der Waals surface area (Å²) in [6.45, 7) is 4.01. The average molecular weight is 243 g/mol. The van der Waals surface area contributed by atoms with Crippen molar-refractivity contribution in [2.24, 2.45) is 0 Å². The standard InChI is InChI=1S/C13H13N3O2/c1-7-3-8(2)5-9(4-7)16-11-10(6-14-16)12(17)15-13(11)18/h3-6,15,17-18H,1-2H3. The molecule has 0 saturated carbocycles. The maximum Gasteiger partial charge on any atom is 0.218 e. The van der Waals surface area contributed by atoms with Crippen LogP contribution in [0.2, 0.25) is 0 Å². The van der Waals surface area contributed by atoms with E-state index in [2.05, 4.69) is 16.1 Å². The first-order chi connectivity index (χ1) is 8.56. The van der Waals surface area contributed by atoms with E-state index in [0.29, 0.717) is 10.9 Å². The fourth-order valence-corrected chi connectivity index (χ4v) is 2.26. The highest BCUT2D eigenvalue weighted by molar-refractivity contribution is 5.90. The second-order valence-corrected chi connectivity index (χ2v) is 4.49. The summed E-state index contributed by atoms with van der Waals surface area (Å²) in [4.78, 5) is 2.49. The Morgan fingerprint density at radius 3 is 2.39 bits per heavy atom. The van der Waals surface area contributed by atoms with Gasteiger partial charge in [0.05, 0.1) is 17.3 Å². The predicted molar refractivity (Wildman–Crippen MR) is 68.2 cm³/mol. The topological polar surface area (TPSA) is 74.1 Å². The van der Waals surface area contributed by atoms with Crippen molar-refractivity contribution in [2.45, 2.75) is 13.8 Å². The van der Waals surface area contributed by atoms with Crippen LogP contribution in [0.5, 0.6) is 11.8 Å². The molecule has 3 rings (SSSR count). The van der Waals surface area contributed by atoms with E-state index in [1.54, 1.807) is 4.68 Å². The van der Waals surface area contributed by atoms with Gasteiger partial charge in [0.25, 0.3) is 0 Å². The number of rotatable bonds is 1. The van der Waals surface area contributed by atoms with Gasteiger partial charge in [0.15, 0.2) is 0 Å². The van der Waals surface area contributed by atoms with E-state index in [-0.39, 0.29) is 11.8 Å². The Labute approximate surface area is 103 Å². The molecular weight excluding hydrogens is 230 g/mol. The van der Waals surface area contributed by atoms with Crippen LogP contribution in [0, 0.1) is 13.8 Å². The summed E-state index contributed by atoms with van der Waals surface area (Å²) in [5, 5.41) is 24.1. The number of aromatic amines is 1. The zero-order valence-corrected chi connectivity index (χ0v) is 10.1. The fourth-order valence-electron chi connectivity index (χ4n) is 2.26. The molecule has 0 aliphatic rings. The number of aryl methyl sites for hydroxylation is 2. The molecule has 3 N–H and O–H groups in total. The molecule has 0 fully saturated rings. The van der Waals surface area contributed by atoms with Crippen molar-refractivity contribution in [1.82, 2.24) is 14.8 Å². The van der Waals surface area contributed by atoms with Crippen molar-refractivity contribution in [1.29, 1.82) is 0 Å². The molecule has 3 aromatic rings. The number of nitrogens with one attached hydrogen (secondary N) is 1. The molecule has 0 aliphatic carbocycles. The maximum atomic E-state index is 9.79. The summed E-state index contributed by atoms with van der Waals surface area (Å²) >= 11 is 0. The summed E-state index contributed by atoms with van der Waals surface area (Å²) in [5.41, 5.74) is 3.58. The van der Waals surface area contributed by atoms with E-state index in [9.17, 15) is 10.2 Å². The number of hydrogen-bond acceptors (Lipinski definition) is 3. The van der Waals surface area contributed by atoms with E-state index < -0.39 is 0 Å². The Morgan fingerprint density at radius 1 is 1.06 bits per heavy atom. The Morgan fingerprint density at radius 2 is 1.72 bits per heavy atom. The van der Waals surface area contributed by atoms with Gasteiger partial charge >= 0.3 is 0 Å². The van der Waals surface area contributed by atoms with Gasteiger partial charge in [-0.25, -0.2) is 4.68 Å². The zero-order valence-electron chi connectivity index (χ0n) is 10.1. The van der Waals surface area contributed by atoms with Crippen molar-refractivity contribution in [3.63, 3.8) is 0 Å². The van der Waals surface area contributed by atoms with Crippen LogP contribution in [0.15, 0.2) is 24.4 Å². The van der Waals surface area contributed by atoms with E-state index in [0.717, 1.165) is 16.8 Å². The minimum absolute atomic E-state index is 0.0712. The van der Waals surface area contributed by atoms with E-state index in [1.165, 1.54) is 6.20 Å². The first kappa shape index (κ1) is 10.7. The first-order valence-corrected chi connectivity index (χ1v) is 5.62. The van der Waals surface area contributed by atoms with Crippen LogP contribution in [-0.2, 0) is 0 Å². The van der Waals surface area contributed by atoms with Gasteiger partial charge in [0, 0.05) is 0 Å². The van der Waals surface area contributed by atoms with Crippen LogP contribution in [0.3, 0.4) is 0 Å². The number of fused-ring (bicyclic) bond motifs is 1. The van der Waals surface area contributed by atoms with Gasteiger partial charge in [-0.05, 0) is 37.1 Å². The lowest BCUT2D eigenvalue weighted by atomic mass is 10.1. The Balaban J connectivity index is 2.31. The molecule has 1 aromatic carbocycles. The Bertz CT molecular complexity index is 720. The summed E-state index contributed by atoms with van der Waals surface area (Å²) in [7, 11) is 0. The number of aromatic nitrogens is 3. The zero-order chi connectivity index (χ0) is 12.9. The van der Waals surface area contributed by atoms with Crippen molar-refractivity contribution in [3.05, 3.63) is 35.5 Å². The molecule has 2 heterocycles. The molecule has 0 bridgehead atoms. The van der Waals surface area contributed by atoms with Crippen LogP contribution in [0.4, 0.5) is 0 Å². The summed E-state index contributed by atoms with van der Waals surface area (Å²) in [6, 6.07) is 6.02. The molecule has 0 aliphatic heterocycles. The minimum atomic E-state index is -0.0841. The Hall–Kier alpha value is -2.43. The molecule has 0 saturated heterocycles. The molecular formula is C13H13N3O2. The number of aromatic hydroxyl groups is 2. The molecule has 5 heteroatoms. The Kier molecular flexibility index (Phi) is 2.10. The van der Waals surface area contributed by atoms with Gasteiger partial charge in [0.1, 0.15) is 5.52 Å². The summed E-state index contributed by atoms with van der Waals surface area (Å²) in [5.74, 6) is -0.155. The minimum Gasteiger partial charge on any atom is -0.494 e. The molecule has 2 aromatic heterocycles. The number of benzene rings is 1. The molecule has 0 spiro atoms. The molecule has 18 heavy (non-hydrogen) atoms.